The number of nitrogens with zero attached hydrogens (tertiary/aromatic N) is 2. The molecule has 0 saturated carbocycles. The summed E-state index contributed by atoms with van der Waals surface area (Å²) in [7, 11) is 1.20. The highest BCUT2D eigenvalue weighted by molar-refractivity contribution is 8.03. The number of methoxy groups -OCH3 is 1. The van der Waals surface area contributed by atoms with Crippen molar-refractivity contribution in [1.82, 2.24) is 15.5 Å². The van der Waals surface area contributed by atoms with Crippen LogP contribution in [0.25, 0.3) is 0 Å². The topological polar surface area (TPSA) is 81.2 Å². The van der Waals surface area contributed by atoms with Gasteiger partial charge in [0.2, 0.25) is 5.91 Å². The van der Waals surface area contributed by atoms with Crippen molar-refractivity contribution in [2.24, 2.45) is 0 Å². The predicted molar refractivity (Wildman–Crippen MR) is 67.6 cm³/mol. The first-order valence-corrected chi connectivity index (χ1v) is 7.42. The van der Waals surface area contributed by atoms with Crippen molar-refractivity contribution >= 4 is 46.9 Å². The Balaban J connectivity index is 2.50. The minimum Gasteiger partial charge on any atom is -0.453 e. The number of aromatic nitrogens is 2. The van der Waals surface area contributed by atoms with Crippen LogP contribution in [0.4, 0.5) is 4.79 Å². The van der Waals surface area contributed by atoms with Gasteiger partial charge in [-0.1, -0.05) is 34.9 Å². The van der Waals surface area contributed by atoms with E-state index < -0.39 is 17.3 Å². The van der Waals surface area contributed by atoms with E-state index in [4.69, 9.17) is 0 Å². The molecule has 0 aliphatic rings. The van der Waals surface area contributed by atoms with E-state index in [0.29, 0.717) is 4.34 Å². The van der Waals surface area contributed by atoms with E-state index in [1.807, 2.05) is 6.26 Å². The third kappa shape index (κ3) is 4.52. The Morgan fingerprint density at radius 2 is 2.06 bits per heavy atom. The van der Waals surface area contributed by atoms with Crippen LogP contribution in [-0.2, 0) is 9.53 Å². The molecular formula is C8H11N3O3S3. The lowest BCUT2D eigenvalue weighted by Gasteiger charge is -2.07. The largest absolute Gasteiger partial charge is 0.453 e. The lowest BCUT2D eigenvalue weighted by Crippen LogP contribution is -2.35. The van der Waals surface area contributed by atoms with Crippen molar-refractivity contribution in [3.63, 3.8) is 0 Å². The zero-order chi connectivity index (χ0) is 12.8. The summed E-state index contributed by atoms with van der Waals surface area (Å²) in [5.41, 5.74) is 0. The maximum Gasteiger partial charge on any atom is 0.413 e. The number of hydrogen-bond acceptors (Lipinski definition) is 8. The first kappa shape index (κ1) is 14.3. The second-order valence-electron chi connectivity index (χ2n) is 2.78. The SMILES string of the molecule is COC(=O)NC(=O)[C@H](C)Sc1nnc(SC)s1. The summed E-state index contributed by atoms with van der Waals surface area (Å²) >= 11 is 4.16. The maximum atomic E-state index is 11.5. The zero-order valence-electron chi connectivity index (χ0n) is 9.42. The molecule has 17 heavy (non-hydrogen) atoms. The Bertz CT molecular complexity index is 410. The molecule has 0 bridgehead atoms. The number of ether oxygens (including phenoxy) is 1. The number of carbonyl (C=O) groups is 2. The molecule has 0 saturated heterocycles. The molecule has 0 unspecified atom stereocenters. The van der Waals surface area contributed by atoms with E-state index >= 15 is 0 Å². The van der Waals surface area contributed by atoms with Crippen LogP contribution in [0.15, 0.2) is 8.68 Å². The summed E-state index contributed by atoms with van der Waals surface area (Å²) in [4.78, 5) is 22.3. The molecule has 0 aliphatic carbocycles. The molecular weight excluding hydrogens is 282 g/mol. The Morgan fingerprint density at radius 1 is 1.41 bits per heavy atom. The quantitative estimate of drug-likeness (QED) is 0.845. The smallest absolute Gasteiger partial charge is 0.413 e. The fourth-order valence-corrected chi connectivity index (χ4v) is 3.37. The van der Waals surface area contributed by atoms with Crippen LogP contribution < -0.4 is 5.32 Å². The molecule has 9 heteroatoms. The minimum absolute atomic E-state index is 0.414. The van der Waals surface area contributed by atoms with Crippen molar-refractivity contribution in [2.45, 2.75) is 20.9 Å². The summed E-state index contributed by atoms with van der Waals surface area (Å²) < 4.78 is 5.87. The first-order chi connectivity index (χ1) is 8.06. The van der Waals surface area contributed by atoms with Crippen LogP contribution in [0, 0.1) is 0 Å². The molecule has 0 fully saturated rings. The van der Waals surface area contributed by atoms with Gasteiger partial charge in [-0.15, -0.1) is 10.2 Å². The van der Waals surface area contributed by atoms with Crippen LogP contribution in [0.3, 0.4) is 0 Å². The van der Waals surface area contributed by atoms with Gasteiger partial charge in [-0.2, -0.15) is 0 Å². The van der Waals surface area contributed by atoms with E-state index in [0.717, 1.165) is 4.34 Å². The van der Waals surface area contributed by atoms with Crippen LogP contribution in [0.5, 0.6) is 0 Å². The van der Waals surface area contributed by atoms with E-state index in [9.17, 15) is 9.59 Å². The molecule has 1 aromatic rings. The van der Waals surface area contributed by atoms with Gasteiger partial charge in [0.15, 0.2) is 8.68 Å². The van der Waals surface area contributed by atoms with Gasteiger partial charge in [-0.05, 0) is 13.2 Å². The second kappa shape index (κ2) is 6.82. The number of carbonyl (C=O) groups excluding carboxylic acids is 2. The van der Waals surface area contributed by atoms with E-state index in [-0.39, 0.29) is 0 Å². The summed E-state index contributed by atoms with van der Waals surface area (Å²) in [5, 5.41) is 9.50. The Labute approximate surface area is 111 Å². The highest BCUT2D eigenvalue weighted by atomic mass is 32.2. The summed E-state index contributed by atoms with van der Waals surface area (Å²) in [6.07, 6.45) is 1.15. The summed E-state index contributed by atoms with van der Waals surface area (Å²) in [6.45, 7) is 1.68. The molecule has 6 nitrogen and oxygen atoms in total. The Morgan fingerprint density at radius 3 is 2.59 bits per heavy atom. The zero-order valence-corrected chi connectivity index (χ0v) is 11.9. The van der Waals surface area contributed by atoms with Crippen molar-refractivity contribution in [3.05, 3.63) is 0 Å². The second-order valence-corrected chi connectivity index (χ2v) is 6.40. The number of nitrogens with one attached hydrogen (secondary N) is 1. The number of rotatable bonds is 4. The molecule has 1 atom stereocenters. The monoisotopic (exact) mass is 293 g/mol. The van der Waals surface area contributed by atoms with Gasteiger partial charge in [-0.25, -0.2) is 4.79 Å². The maximum absolute atomic E-state index is 11.5. The molecule has 0 aliphatic heterocycles. The molecule has 1 rings (SSSR count). The third-order valence-electron chi connectivity index (χ3n) is 1.62. The van der Waals surface area contributed by atoms with Gasteiger partial charge in [0.25, 0.3) is 0 Å². The molecule has 1 aromatic heterocycles. The van der Waals surface area contributed by atoms with Crippen molar-refractivity contribution in [2.75, 3.05) is 13.4 Å². The molecule has 0 radical (unpaired) electrons. The average Bonchev–Trinajstić information content (AvgIpc) is 2.76. The summed E-state index contributed by atoms with van der Waals surface area (Å²) in [5.74, 6) is -0.414. The Kier molecular flexibility index (Phi) is 5.72. The normalized spacial score (nSPS) is 11.9. The fourth-order valence-electron chi connectivity index (χ4n) is 0.785. The van der Waals surface area contributed by atoms with Crippen LogP contribution >= 0.6 is 34.9 Å². The van der Waals surface area contributed by atoms with E-state index in [1.54, 1.807) is 6.92 Å². The molecule has 1 heterocycles. The Hall–Kier alpha value is -0.800. The number of thioether (sulfide) groups is 2. The van der Waals surface area contributed by atoms with Gasteiger partial charge in [0.1, 0.15) is 0 Å². The van der Waals surface area contributed by atoms with Crippen molar-refractivity contribution in [1.29, 1.82) is 0 Å². The summed E-state index contributed by atoms with van der Waals surface area (Å²) in [6, 6.07) is 0. The predicted octanol–water partition coefficient (Wildman–Crippen LogP) is 1.62. The fraction of sp³-hybridized carbons (Fsp3) is 0.500. The standard InChI is InChI=1S/C8H11N3O3S3/c1-4(5(12)9-6(13)14-2)16-8-11-10-7(15-3)17-8/h4H,1-3H3,(H,9,12,13)/t4-/m0/s1. The van der Waals surface area contributed by atoms with Gasteiger partial charge < -0.3 is 4.74 Å². The van der Waals surface area contributed by atoms with Crippen LogP contribution in [0.2, 0.25) is 0 Å². The van der Waals surface area contributed by atoms with E-state index in [2.05, 4.69) is 20.3 Å². The third-order valence-corrected chi connectivity index (χ3v) is 4.70. The van der Waals surface area contributed by atoms with Crippen LogP contribution in [0.1, 0.15) is 6.92 Å². The molecule has 94 valence electrons. The van der Waals surface area contributed by atoms with Crippen molar-refractivity contribution < 1.29 is 14.3 Å². The van der Waals surface area contributed by atoms with Gasteiger partial charge >= 0.3 is 6.09 Å². The number of amides is 2. The minimum atomic E-state index is -0.760. The first-order valence-electron chi connectivity index (χ1n) is 4.49. The molecule has 1 N–H and O–H groups in total. The molecule has 2 amide bonds. The lowest BCUT2D eigenvalue weighted by molar-refractivity contribution is -0.119. The van der Waals surface area contributed by atoms with Crippen LogP contribution in [-0.4, -0.2) is 40.8 Å². The van der Waals surface area contributed by atoms with Gasteiger partial charge in [0, 0.05) is 0 Å². The highest BCUT2D eigenvalue weighted by Crippen LogP contribution is 2.30. The van der Waals surface area contributed by atoms with Crippen molar-refractivity contribution in [3.8, 4) is 0 Å². The lowest BCUT2D eigenvalue weighted by atomic mass is 10.4. The number of hydrogen-bond donors (Lipinski definition) is 1. The highest BCUT2D eigenvalue weighted by Gasteiger charge is 2.19. The average molecular weight is 293 g/mol. The number of alkyl carbamates (subject to hydrolysis) is 1. The van der Waals surface area contributed by atoms with Gasteiger partial charge in [-0.3, -0.25) is 10.1 Å². The number of imide groups is 1. The van der Waals surface area contributed by atoms with E-state index in [1.165, 1.54) is 42.0 Å². The molecule has 0 spiro atoms. The van der Waals surface area contributed by atoms with Gasteiger partial charge in [0.05, 0.1) is 12.4 Å². The molecule has 0 aromatic carbocycles.